The molecular weight excluding hydrogens is 429 g/mol. The number of nitrogens with one attached hydrogen (secondary N) is 1. The van der Waals surface area contributed by atoms with Crippen LogP contribution in [0.25, 0.3) is 50.6 Å². The molecule has 34 heavy (non-hydrogen) atoms. The Kier molecular flexibility index (Phi) is 4.57. The number of fused-ring (bicyclic) bond motifs is 7. The minimum Gasteiger partial charge on any atom is -0.355 e. The van der Waals surface area contributed by atoms with E-state index in [1.54, 1.807) is 0 Å². The van der Waals surface area contributed by atoms with Crippen molar-refractivity contribution in [2.75, 3.05) is 5.32 Å². The van der Waals surface area contributed by atoms with E-state index in [-0.39, 0.29) is 0 Å². The quantitative estimate of drug-likeness (QED) is 0.279. The molecule has 1 atom stereocenters. The number of para-hydroxylation sites is 2. The standard InChI is InChI=1S/C32H24NP/c1-2-11-22(12-3-1)23-13-10-14-24(21-23)34-30-20-9-6-17-27(30)31-25-15-4-7-18-28(25)33-29-19-8-5-16-26(29)32(31)34/h1-5,7-8,10-21,33H,6,9H2. The summed E-state index contributed by atoms with van der Waals surface area (Å²) in [5, 5.41) is 8.12. The Morgan fingerprint density at radius 2 is 1.26 bits per heavy atom. The first-order valence-corrected chi connectivity index (χ1v) is 13.3. The first-order chi connectivity index (χ1) is 16.9. The van der Waals surface area contributed by atoms with E-state index >= 15 is 0 Å². The molecule has 0 fully saturated rings. The van der Waals surface area contributed by atoms with Gasteiger partial charge in [-0.3, -0.25) is 0 Å². The zero-order valence-corrected chi connectivity index (χ0v) is 19.7. The van der Waals surface area contributed by atoms with Gasteiger partial charge in [-0.15, -0.1) is 0 Å². The maximum atomic E-state index is 3.76. The maximum absolute atomic E-state index is 3.76. The topological polar surface area (TPSA) is 12.0 Å². The molecule has 4 aromatic carbocycles. The van der Waals surface area contributed by atoms with Crippen LogP contribution in [-0.2, 0) is 0 Å². The Labute approximate surface area is 200 Å². The molecule has 2 heterocycles. The fraction of sp³-hybridized carbons (Fsp3) is 0.0625. The van der Waals surface area contributed by atoms with E-state index in [9.17, 15) is 0 Å². The van der Waals surface area contributed by atoms with Crippen molar-refractivity contribution in [1.82, 2.24) is 0 Å². The summed E-state index contributed by atoms with van der Waals surface area (Å²) in [4.78, 5) is 1.53. The Morgan fingerprint density at radius 3 is 2.12 bits per heavy atom. The molecule has 0 radical (unpaired) electrons. The lowest BCUT2D eigenvalue weighted by molar-refractivity contribution is 1.13. The third kappa shape index (κ3) is 3.01. The summed E-state index contributed by atoms with van der Waals surface area (Å²) in [5.74, 6) is 0. The summed E-state index contributed by atoms with van der Waals surface area (Å²) in [6, 6.07) is 37.6. The number of anilines is 2. The molecule has 5 aromatic rings. The van der Waals surface area contributed by atoms with Gasteiger partial charge in [0, 0.05) is 38.3 Å². The summed E-state index contributed by atoms with van der Waals surface area (Å²) in [6.45, 7) is 0. The van der Waals surface area contributed by atoms with E-state index in [2.05, 4.69) is 121 Å². The largest absolute Gasteiger partial charge is 0.355 e. The van der Waals surface area contributed by atoms with Gasteiger partial charge in [0.2, 0.25) is 0 Å². The van der Waals surface area contributed by atoms with Gasteiger partial charge in [-0.1, -0.05) is 105 Å². The van der Waals surface area contributed by atoms with Crippen LogP contribution in [0.2, 0.25) is 0 Å². The van der Waals surface area contributed by atoms with Crippen molar-refractivity contribution in [2.24, 2.45) is 0 Å². The highest BCUT2D eigenvalue weighted by Crippen LogP contribution is 2.54. The number of hydrogen-bond donors (Lipinski definition) is 1. The fourth-order valence-electron chi connectivity index (χ4n) is 5.47. The molecule has 1 aromatic heterocycles. The van der Waals surface area contributed by atoms with Crippen molar-refractivity contribution < 1.29 is 0 Å². The first-order valence-electron chi connectivity index (χ1n) is 12.0. The number of hydrogen-bond acceptors (Lipinski definition) is 1. The van der Waals surface area contributed by atoms with Crippen LogP contribution < -0.4 is 15.5 Å². The molecule has 0 saturated heterocycles. The number of benzene rings is 4. The van der Waals surface area contributed by atoms with Crippen molar-refractivity contribution in [2.45, 2.75) is 12.8 Å². The molecule has 0 saturated carbocycles. The van der Waals surface area contributed by atoms with E-state index in [1.807, 2.05) is 0 Å². The normalized spacial score (nSPS) is 13.7. The highest BCUT2D eigenvalue weighted by Gasteiger charge is 2.26. The van der Waals surface area contributed by atoms with Crippen LogP contribution in [0.15, 0.2) is 103 Å². The first kappa shape index (κ1) is 19.6. The predicted molar refractivity (Wildman–Crippen MR) is 147 cm³/mol. The smallest absolute Gasteiger partial charge is 0.0467 e. The van der Waals surface area contributed by atoms with Crippen molar-refractivity contribution in [3.63, 3.8) is 0 Å². The predicted octanol–water partition coefficient (Wildman–Crippen LogP) is 8.08. The lowest BCUT2D eigenvalue weighted by Crippen LogP contribution is -2.23. The molecule has 2 aliphatic rings. The van der Waals surface area contributed by atoms with Crippen LogP contribution in [0.4, 0.5) is 11.4 Å². The van der Waals surface area contributed by atoms with Crippen molar-refractivity contribution in [1.29, 1.82) is 0 Å². The van der Waals surface area contributed by atoms with Crippen LogP contribution >= 0.6 is 7.53 Å². The van der Waals surface area contributed by atoms with Crippen LogP contribution in [0.3, 0.4) is 0 Å². The Morgan fingerprint density at radius 1 is 0.588 bits per heavy atom. The van der Waals surface area contributed by atoms with E-state index in [4.69, 9.17) is 0 Å². The molecule has 1 aliphatic carbocycles. The highest BCUT2D eigenvalue weighted by molar-refractivity contribution is 7.59. The molecular formula is C32H24NP. The summed E-state index contributed by atoms with van der Waals surface area (Å²) in [7, 11) is -0.657. The summed E-state index contributed by atoms with van der Waals surface area (Å²) >= 11 is 0. The van der Waals surface area contributed by atoms with Gasteiger partial charge >= 0.3 is 0 Å². The number of rotatable bonds is 2. The third-order valence-electron chi connectivity index (χ3n) is 6.96. The van der Waals surface area contributed by atoms with Gasteiger partial charge in [-0.2, -0.15) is 0 Å². The Hall–Kier alpha value is -3.80. The van der Waals surface area contributed by atoms with E-state index < -0.39 is 7.53 Å². The highest BCUT2D eigenvalue weighted by atomic mass is 31.1. The zero-order valence-electron chi connectivity index (χ0n) is 18.8. The molecule has 1 N–H and O–H groups in total. The second-order valence-corrected chi connectivity index (χ2v) is 11.1. The minimum absolute atomic E-state index is 0.657. The Bertz CT molecular complexity index is 1670. The van der Waals surface area contributed by atoms with Crippen LogP contribution in [-0.4, -0.2) is 0 Å². The van der Waals surface area contributed by atoms with Gasteiger partial charge in [0.15, 0.2) is 0 Å². The van der Waals surface area contributed by atoms with Gasteiger partial charge < -0.3 is 5.32 Å². The molecule has 162 valence electrons. The lowest BCUT2D eigenvalue weighted by Gasteiger charge is -2.13. The van der Waals surface area contributed by atoms with Crippen molar-refractivity contribution in [3.05, 3.63) is 113 Å². The van der Waals surface area contributed by atoms with Crippen LogP contribution in [0, 0.1) is 0 Å². The lowest BCUT2D eigenvalue weighted by atomic mass is 9.99. The SMILES string of the molecule is C1=c2c3c(p(-c4cccc(-c5ccccc5)c4)c2=CCC1)-c1ccccc1Nc1ccccc1-3. The molecule has 0 bridgehead atoms. The molecule has 2 heteroatoms. The molecule has 1 aliphatic heterocycles. The van der Waals surface area contributed by atoms with Crippen molar-refractivity contribution in [3.8, 4) is 38.4 Å². The van der Waals surface area contributed by atoms with Crippen LogP contribution in [0.1, 0.15) is 12.8 Å². The average Bonchev–Trinajstić information content (AvgIpc) is 3.17. The maximum Gasteiger partial charge on any atom is 0.0467 e. The summed E-state index contributed by atoms with van der Waals surface area (Å²) in [6.07, 6.45) is 7.24. The van der Waals surface area contributed by atoms with E-state index in [1.165, 1.54) is 60.0 Å². The van der Waals surface area contributed by atoms with Gasteiger partial charge in [-0.05, 0) is 52.7 Å². The zero-order chi connectivity index (χ0) is 22.5. The summed E-state index contributed by atoms with van der Waals surface area (Å²) in [5.41, 5.74) is 9.03. The Balaban J connectivity index is 1.61. The van der Waals surface area contributed by atoms with Gasteiger partial charge in [-0.25, -0.2) is 0 Å². The van der Waals surface area contributed by atoms with Crippen molar-refractivity contribution >= 4 is 31.1 Å². The molecule has 7 rings (SSSR count). The van der Waals surface area contributed by atoms with Crippen LogP contribution in [0.5, 0.6) is 0 Å². The second kappa shape index (κ2) is 7.90. The summed E-state index contributed by atoms with van der Waals surface area (Å²) < 4.78 is 0. The minimum atomic E-state index is -0.657. The van der Waals surface area contributed by atoms with Gasteiger partial charge in [0.1, 0.15) is 0 Å². The third-order valence-corrected chi connectivity index (χ3v) is 9.57. The average molecular weight is 454 g/mol. The molecule has 1 nitrogen and oxygen atoms in total. The second-order valence-electron chi connectivity index (χ2n) is 8.98. The molecule has 1 unspecified atom stereocenters. The molecule has 0 amide bonds. The fourth-order valence-corrected chi connectivity index (χ4v) is 8.41. The van der Waals surface area contributed by atoms with Gasteiger partial charge in [0.05, 0.1) is 0 Å². The van der Waals surface area contributed by atoms with Gasteiger partial charge in [0.25, 0.3) is 0 Å². The van der Waals surface area contributed by atoms with E-state index in [0.717, 1.165) is 12.8 Å². The molecule has 0 spiro atoms. The monoisotopic (exact) mass is 453 g/mol. The van der Waals surface area contributed by atoms with E-state index in [0.29, 0.717) is 0 Å².